The molecule has 1 amide bonds. The molecule has 5 heteroatoms. The highest BCUT2D eigenvalue weighted by Crippen LogP contribution is 2.40. The minimum atomic E-state index is 0.0538. The number of hydrogen-bond donors (Lipinski definition) is 1. The van der Waals surface area contributed by atoms with E-state index in [1.54, 1.807) is 7.11 Å². The van der Waals surface area contributed by atoms with Crippen molar-refractivity contribution in [3.8, 4) is 5.75 Å². The van der Waals surface area contributed by atoms with Crippen LogP contribution in [0.2, 0.25) is 0 Å². The fourth-order valence-corrected chi connectivity index (χ4v) is 6.66. The maximum absolute atomic E-state index is 12.9. The van der Waals surface area contributed by atoms with Crippen LogP contribution in [0.3, 0.4) is 0 Å². The summed E-state index contributed by atoms with van der Waals surface area (Å²) in [5, 5.41) is 3.23. The van der Waals surface area contributed by atoms with Gasteiger partial charge in [-0.05, 0) is 67.5 Å². The summed E-state index contributed by atoms with van der Waals surface area (Å²) in [4.78, 5) is 18.2. The SMILES string of the molecule is C=CCN1CCC2CCCC(C1)N2C(c1ccc(C(=O)NC2CCCC2)cc1)c1cccc(OC)c1. The molecule has 3 atom stereocenters. The monoisotopic (exact) mass is 487 g/mol. The molecule has 2 aromatic rings. The summed E-state index contributed by atoms with van der Waals surface area (Å²) in [6, 6.07) is 18.4. The third-order valence-electron chi connectivity index (χ3n) is 8.44. The van der Waals surface area contributed by atoms with E-state index in [0.29, 0.717) is 18.1 Å². The molecule has 2 saturated heterocycles. The van der Waals surface area contributed by atoms with Gasteiger partial charge in [0.15, 0.2) is 0 Å². The lowest BCUT2D eigenvalue weighted by atomic mass is 9.87. The highest BCUT2D eigenvalue weighted by Gasteiger charge is 2.39. The van der Waals surface area contributed by atoms with E-state index >= 15 is 0 Å². The molecule has 1 aliphatic carbocycles. The first-order chi connectivity index (χ1) is 17.7. The number of fused-ring (bicyclic) bond motifs is 2. The molecule has 2 heterocycles. The molecule has 2 aromatic carbocycles. The molecule has 1 saturated carbocycles. The van der Waals surface area contributed by atoms with Gasteiger partial charge >= 0.3 is 0 Å². The fourth-order valence-electron chi connectivity index (χ4n) is 6.66. The van der Waals surface area contributed by atoms with Gasteiger partial charge in [0.25, 0.3) is 5.91 Å². The Hall–Kier alpha value is -2.63. The van der Waals surface area contributed by atoms with Crippen LogP contribution in [0.25, 0.3) is 0 Å². The Morgan fingerprint density at radius 3 is 2.56 bits per heavy atom. The average molecular weight is 488 g/mol. The molecule has 5 nitrogen and oxygen atoms in total. The number of hydrogen-bond acceptors (Lipinski definition) is 4. The third kappa shape index (κ3) is 5.52. The van der Waals surface area contributed by atoms with Crippen molar-refractivity contribution in [1.82, 2.24) is 15.1 Å². The third-order valence-corrected chi connectivity index (χ3v) is 8.44. The molecular formula is C31H41N3O2. The summed E-state index contributed by atoms with van der Waals surface area (Å²) in [6.07, 6.45) is 11.6. The Labute approximate surface area is 216 Å². The number of piperidine rings is 1. The number of benzene rings is 2. The largest absolute Gasteiger partial charge is 0.497 e. The molecule has 0 spiro atoms. The van der Waals surface area contributed by atoms with Crippen molar-refractivity contribution in [3.05, 3.63) is 77.9 Å². The highest BCUT2D eigenvalue weighted by molar-refractivity contribution is 5.94. The number of rotatable bonds is 8. The molecule has 0 radical (unpaired) electrons. The lowest BCUT2D eigenvalue weighted by molar-refractivity contribution is 0.0562. The van der Waals surface area contributed by atoms with E-state index in [-0.39, 0.29) is 11.9 Å². The van der Waals surface area contributed by atoms with E-state index < -0.39 is 0 Å². The van der Waals surface area contributed by atoms with Crippen LogP contribution in [0.4, 0.5) is 0 Å². The fraction of sp³-hybridized carbons (Fsp3) is 0.516. The molecule has 3 fully saturated rings. The van der Waals surface area contributed by atoms with Crippen LogP contribution in [0.1, 0.15) is 78.9 Å². The molecule has 3 unspecified atom stereocenters. The van der Waals surface area contributed by atoms with E-state index in [0.717, 1.165) is 43.8 Å². The van der Waals surface area contributed by atoms with Crippen LogP contribution < -0.4 is 10.1 Å². The molecule has 2 aliphatic heterocycles. The summed E-state index contributed by atoms with van der Waals surface area (Å²) in [5.74, 6) is 0.941. The molecule has 36 heavy (non-hydrogen) atoms. The van der Waals surface area contributed by atoms with E-state index in [1.807, 2.05) is 24.3 Å². The first kappa shape index (κ1) is 25.0. The van der Waals surface area contributed by atoms with Gasteiger partial charge in [0.05, 0.1) is 13.2 Å². The van der Waals surface area contributed by atoms with Crippen LogP contribution in [-0.4, -0.2) is 60.6 Å². The first-order valence-corrected chi connectivity index (χ1v) is 13.8. The Bertz CT molecular complexity index is 1030. The van der Waals surface area contributed by atoms with Crippen LogP contribution in [0, 0.1) is 0 Å². The summed E-state index contributed by atoms with van der Waals surface area (Å²) in [5.41, 5.74) is 3.25. The lowest BCUT2D eigenvalue weighted by Gasteiger charge is -2.46. The van der Waals surface area contributed by atoms with Gasteiger partial charge in [-0.25, -0.2) is 0 Å². The minimum Gasteiger partial charge on any atom is -0.497 e. The average Bonchev–Trinajstić information content (AvgIpc) is 3.39. The standard InChI is InChI=1S/C31H41N3O2/c1-3-19-33-20-18-27-11-7-12-28(22-33)34(27)30(25-8-6-13-29(21-25)36-2)23-14-16-24(17-15-23)31(35)32-26-9-4-5-10-26/h3,6,8,13-17,21,26-28,30H,1,4-5,7,9-12,18-20,22H2,2H3,(H,32,35). The maximum atomic E-state index is 12.9. The second-order valence-corrected chi connectivity index (χ2v) is 10.8. The zero-order valence-electron chi connectivity index (χ0n) is 21.7. The van der Waals surface area contributed by atoms with Gasteiger partial charge in [-0.15, -0.1) is 6.58 Å². The predicted octanol–water partition coefficient (Wildman–Crippen LogP) is 5.57. The second-order valence-electron chi connectivity index (χ2n) is 10.8. The number of amides is 1. The summed E-state index contributed by atoms with van der Waals surface area (Å²) in [7, 11) is 1.74. The topological polar surface area (TPSA) is 44.8 Å². The Morgan fingerprint density at radius 2 is 1.81 bits per heavy atom. The molecule has 5 rings (SSSR count). The smallest absolute Gasteiger partial charge is 0.251 e. The number of carbonyl (C=O) groups excluding carboxylic acids is 1. The van der Waals surface area contributed by atoms with Crippen molar-refractivity contribution < 1.29 is 9.53 Å². The normalized spacial score (nSPS) is 24.1. The predicted molar refractivity (Wildman–Crippen MR) is 146 cm³/mol. The Kier molecular flexibility index (Phi) is 8.08. The first-order valence-electron chi connectivity index (χ1n) is 13.8. The molecular weight excluding hydrogens is 446 g/mol. The van der Waals surface area contributed by atoms with Gasteiger partial charge in [0, 0.05) is 43.3 Å². The van der Waals surface area contributed by atoms with Crippen molar-refractivity contribution in [2.45, 2.75) is 75.5 Å². The molecule has 1 N–H and O–H groups in total. The molecule has 192 valence electrons. The van der Waals surface area contributed by atoms with Gasteiger partial charge in [-0.3, -0.25) is 14.6 Å². The Balaban J connectivity index is 1.47. The van der Waals surface area contributed by atoms with Crippen molar-refractivity contribution in [2.24, 2.45) is 0 Å². The summed E-state index contributed by atoms with van der Waals surface area (Å²) < 4.78 is 5.62. The molecule has 2 bridgehead atoms. The quantitative estimate of drug-likeness (QED) is 0.495. The lowest BCUT2D eigenvalue weighted by Crippen LogP contribution is -2.50. The van der Waals surface area contributed by atoms with E-state index in [9.17, 15) is 4.79 Å². The van der Waals surface area contributed by atoms with E-state index in [1.165, 1.54) is 49.7 Å². The minimum absolute atomic E-state index is 0.0538. The second kappa shape index (κ2) is 11.6. The number of nitrogens with one attached hydrogen (secondary N) is 1. The van der Waals surface area contributed by atoms with Crippen molar-refractivity contribution >= 4 is 5.91 Å². The maximum Gasteiger partial charge on any atom is 0.251 e. The van der Waals surface area contributed by atoms with Crippen molar-refractivity contribution in [3.63, 3.8) is 0 Å². The number of carbonyl (C=O) groups is 1. The number of nitrogens with zero attached hydrogens (tertiary/aromatic N) is 2. The van der Waals surface area contributed by atoms with Gasteiger partial charge in [-0.1, -0.05) is 49.6 Å². The molecule has 0 aromatic heterocycles. The van der Waals surface area contributed by atoms with Gasteiger partial charge < -0.3 is 10.1 Å². The van der Waals surface area contributed by atoms with E-state index in [2.05, 4.69) is 52.0 Å². The van der Waals surface area contributed by atoms with Crippen LogP contribution in [-0.2, 0) is 0 Å². The highest BCUT2D eigenvalue weighted by atomic mass is 16.5. The van der Waals surface area contributed by atoms with Crippen molar-refractivity contribution in [1.29, 1.82) is 0 Å². The Morgan fingerprint density at radius 1 is 1.03 bits per heavy atom. The zero-order valence-corrected chi connectivity index (χ0v) is 21.7. The molecule has 3 aliphatic rings. The van der Waals surface area contributed by atoms with Crippen LogP contribution >= 0.6 is 0 Å². The summed E-state index contributed by atoms with van der Waals surface area (Å²) >= 11 is 0. The number of ether oxygens (including phenoxy) is 1. The van der Waals surface area contributed by atoms with Crippen LogP contribution in [0.5, 0.6) is 5.75 Å². The van der Waals surface area contributed by atoms with Gasteiger partial charge in [0.1, 0.15) is 5.75 Å². The zero-order chi connectivity index (χ0) is 24.9. The summed E-state index contributed by atoms with van der Waals surface area (Å²) in [6.45, 7) is 7.14. The van der Waals surface area contributed by atoms with Gasteiger partial charge in [0.2, 0.25) is 0 Å². The van der Waals surface area contributed by atoms with Gasteiger partial charge in [-0.2, -0.15) is 0 Å². The van der Waals surface area contributed by atoms with Crippen LogP contribution in [0.15, 0.2) is 61.2 Å². The number of methoxy groups -OCH3 is 1. The van der Waals surface area contributed by atoms with Crippen molar-refractivity contribution in [2.75, 3.05) is 26.7 Å². The van der Waals surface area contributed by atoms with E-state index in [4.69, 9.17) is 4.74 Å².